The van der Waals surface area contributed by atoms with Gasteiger partial charge < -0.3 is 5.11 Å². The van der Waals surface area contributed by atoms with Crippen molar-refractivity contribution in [1.29, 1.82) is 0 Å². The first kappa shape index (κ1) is 16.8. The highest BCUT2D eigenvalue weighted by molar-refractivity contribution is 14.1. The summed E-state index contributed by atoms with van der Waals surface area (Å²) in [4.78, 5) is 18.9. The molecule has 1 heterocycles. The SMILES string of the molecule is CCN=C1S/C(=C\c2cc(Br)cc(I)c2O)C(=O)N1CC. The number of amidine groups is 1. The monoisotopic (exact) mass is 480 g/mol. The first-order valence-electron chi connectivity index (χ1n) is 6.41. The quantitative estimate of drug-likeness (QED) is 0.524. The van der Waals surface area contributed by atoms with E-state index < -0.39 is 0 Å². The Kier molecular flexibility index (Phi) is 5.73. The molecule has 0 aliphatic carbocycles. The van der Waals surface area contributed by atoms with Crippen LogP contribution in [0.1, 0.15) is 19.4 Å². The molecule has 21 heavy (non-hydrogen) atoms. The predicted molar refractivity (Wildman–Crippen MR) is 99.5 cm³/mol. The number of aromatic hydroxyl groups is 1. The fourth-order valence-corrected chi connectivity index (χ4v) is 4.52. The van der Waals surface area contributed by atoms with E-state index in [0.717, 1.165) is 13.2 Å². The number of likely N-dealkylation sites (N-methyl/N-ethyl adjacent to an activating group) is 1. The van der Waals surface area contributed by atoms with Gasteiger partial charge in [0.15, 0.2) is 5.17 Å². The number of nitrogens with zero attached hydrogens (tertiary/aromatic N) is 2. The minimum absolute atomic E-state index is 0.0657. The third-order valence-corrected chi connectivity index (χ3v) is 5.17. The molecular formula is C14H14BrIN2O2S. The second-order valence-electron chi connectivity index (χ2n) is 4.24. The van der Waals surface area contributed by atoms with Gasteiger partial charge in [0.25, 0.3) is 5.91 Å². The van der Waals surface area contributed by atoms with Crippen LogP contribution in [-0.2, 0) is 4.79 Å². The van der Waals surface area contributed by atoms with Crippen LogP contribution in [0.3, 0.4) is 0 Å². The molecule has 1 aliphatic heterocycles. The molecule has 0 aromatic heterocycles. The van der Waals surface area contributed by atoms with Crippen LogP contribution >= 0.6 is 50.3 Å². The van der Waals surface area contributed by atoms with Crippen molar-refractivity contribution >= 4 is 67.4 Å². The van der Waals surface area contributed by atoms with E-state index in [1.165, 1.54) is 11.8 Å². The van der Waals surface area contributed by atoms with E-state index in [2.05, 4.69) is 43.5 Å². The molecule has 1 fully saturated rings. The minimum atomic E-state index is -0.0657. The van der Waals surface area contributed by atoms with E-state index in [1.54, 1.807) is 17.0 Å². The second-order valence-corrected chi connectivity index (χ2v) is 7.33. The Labute approximate surface area is 150 Å². The number of carbonyl (C=O) groups is 1. The molecule has 1 aromatic rings. The van der Waals surface area contributed by atoms with Crippen LogP contribution in [0.25, 0.3) is 6.08 Å². The van der Waals surface area contributed by atoms with Crippen molar-refractivity contribution in [3.63, 3.8) is 0 Å². The molecule has 4 nitrogen and oxygen atoms in total. The van der Waals surface area contributed by atoms with Gasteiger partial charge in [-0.3, -0.25) is 14.7 Å². The third-order valence-electron chi connectivity index (χ3n) is 2.84. The van der Waals surface area contributed by atoms with Crippen LogP contribution in [0, 0.1) is 3.57 Å². The summed E-state index contributed by atoms with van der Waals surface area (Å²) in [6, 6.07) is 3.62. The summed E-state index contributed by atoms with van der Waals surface area (Å²) in [5.74, 6) is 0.118. The van der Waals surface area contributed by atoms with Crippen LogP contribution < -0.4 is 0 Å². The van der Waals surface area contributed by atoms with Crippen molar-refractivity contribution in [2.24, 2.45) is 4.99 Å². The maximum atomic E-state index is 12.4. The highest BCUT2D eigenvalue weighted by atomic mass is 127. The summed E-state index contributed by atoms with van der Waals surface area (Å²) in [5, 5.41) is 10.8. The summed E-state index contributed by atoms with van der Waals surface area (Å²) in [6.07, 6.45) is 1.72. The minimum Gasteiger partial charge on any atom is -0.506 e. The Morgan fingerprint density at radius 3 is 2.81 bits per heavy atom. The Balaban J connectivity index is 2.43. The summed E-state index contributed by atoms with van der Waals surface area (Å²) >= 11 is 6.81. The van der Waals surface area contributed by atoms with Gasteiger partial charge in [-0.15, -0.1) is 0 Å². The second kappa shape index (κ2) is 7.15. The largest absolute Gasteiger partial charge is 0.506 e. The number of thioether (sulfide) groups is 1. The maximum Gasteiger partial charge on any atom is 0.266 e. The number of carbonyl (C=O) groups excluding carboxylic acids is 1. The average Bonchev–Trinajstić information content (AvgIpc) is 2.72. The van der Waals surface area contributed by atoms with Gasteiger partial charge in [0.2, 0.25) is 0 Å². The van der Waals surface area contributed by atoms with E-state index in [1.807, 2.05) is 19.9 Å². The molecule has 1 N–H and O–H groups in total. The van der Waals surface area contributed by atoms with E-state index >= 15 is 0 Å². The van der Waals surface area contributed by atoms with Gasteiger partial charge in [-0.25, -0.2) is 0 Å². The highest BCUT2D eigenvalue weighted by Gasteiger charge is 2.32. The Hall–Kier alpha value is -0.540. The molecule has 1 aliphatic rings. The molecule has 1 amide bonds. The topological polar surface area (TPSA) is 52.9 Å². The van der Waals surface area contributed by atoms with Crippen LogP contribution in [0.2, 0.25) is 0 Å². The lowest BCUT2D eigenvalue weighted by molar-refractivity contribution is -0.122. The van der Waals surface area contributed by atoms with E-state index in [9.17, 15) is 9.90 Å². The van der Waals surface area contributed by atoms with Crippen molar-refractivity contribution in [1.82, 2.24) is 4.90 Å². The molecule has 1 aromatic carbocycles. The van der Waals surface area contributed by atoms with Crippen molar-refractivity contribution in [2.75, 3.05) is 13.1 Å². The molecule has 0 saturated carbocycles. The van der Waals surface area contributed by atoms with E-state index in [4.69, 9.17) is 0 Å². The number of phenolic OH excluding ortho intramolecular Hbond substituents is 1. The molecule has 0 atom stereocenters. The predicted octanol–water partition coefficient (Wildman–Crippen LogP) is 4.07. The molecule has 2 rings (SSSR count). The molecule has 1 saturated heterocycles. The summed E-state index contributed by atoms with van der Waals surface area (Å²) in [7, 11) is 0. The zero-order valence-electron chi connectivity index (χ0n) is 11.6. The molecule has 7 heteroatoms. The average molecular weight is 481 g/mol. The van der Waals surface area contributed by atoms with Crippen LogP contribution in [0.15, 0.2) is 26.5 Å². The number of aliphatic imine (C=N–C) groups is 1. The van der Waals surface area contributed by atoms with Crippen LogP contribution in [-0.4, -0.2) is 34.2 Å². The van der Waals surface area contributed by atoms with E-state index in [-0.39, 0.29) is 11.7 Å². The normalized spacial score (nSPS) is 19.0. The number of phenols is 1. The van der Waals surface area contributed by atoms with Gasteiger partial charge in [-0.1, -0.05) is 15.9 Å². The first-order chi connectivity index (χ1) is 9.97. The lowest BCUT2D eigenvalue weighted by Crippen LogP contribution is -2.28. The smallest absolute Gasteiger partial charge is 0.266 e. The van der Waals surface area contributed by atoms with Crippen LogP contribution in [0.4, 0.5) is 0 Å². The third kappa shape index (κ3) is 3.62. The number of rotatable bonds is 3. The molecule has 0 bridgehead atoms. The van der Waals surface area contributed by atoms with Crippen LogP contribution in [0.5, 0.6) is 5.75 Å². The standard InChI is InChI=1S/C14H14BrIN2O2S/c1-3-17-14-18(4-2)13(20)11(21-14)6-8-5-9(15)7-10(16)12(8)19/h5-7,19H,3-4H2,1-2H3/b11-6-,17-14?. The first-order valence-corrected chi connectivity index (χ1v) is 9.10. The summed E-state index contributed by atoms with van der Waals surface area (Å²) in [6.45, 7) is 5.09. The fraction of sp³-hybridized carbons (Fsp3) is 0.286. The zero-order valence-corrected chi connectivity index (χ0v) is 16.1. The molecule has 0 radical (unpaired) electrons. The Morgan fingerprint density at radius 1 is 1.48 bits per heavy atom. The number of halogens is 2. The van der Waals surface area contributed by atoms with Crippen molar-refractivity contribution in [2.45, 2.75) is 13.8 Å². The lowest BCUT2D eigenvalue weighted by atomic mass is 10.2. The molecule has 0 unspecified atom stereocenters. The number of amides is 1. The summed E-state index contributed by atoms with van der Waals surface area (Å²) < 4.78 is 1.60. The number of hydrogen-bond donors (Lipinski definition) is 1. The van der Waals surface area contributed by atoms with Gasteiger partial charge >= 0.3 is 0 Å². The van der Waals surface area contributed by atoms with Gasteiger partial charge in [-0.2, -0.15) is 0 Å². The van der Waals surface area contributed by atoms with Gasteiger partial charge in [0, 0.05) is 23.1 Å². The van der Waals surface area contributed by atoms with Crippen molar-refractivity contribution in [3.8, 4) is 5.75 Å². The molecule has 112 valence electrons. The van der Waals surface area contributed by atoms with Gasteiger partial charge in [0.1, 0.15) is 5.75 Å². The summed E-state index contributed by atoms with van der Waals surface area (Å²) in [5.41, 5.74) is 0.624. The maximum absolute atomic E-state index is 12.4. The Bertz CT molecular complexity index is 646. The van der Waals surface area contributed by atoms with Crippen molar-refractivity contribution < 1.29 is 9.90 Å². The van der Waals surface area contributed by atoms with Gasteiger partial charge in [-0.05, 0) is 66.4 Å². The lowest BCUT2D eigenvalue weighted by Gasteiger charge is -2.11. The zero-order chi connectivity index (χ0) is 15.6. The number of hydrogen-bond acceptors (Lipinski definition) is 4. The van der Waals surface area contributed by atoms with Crippen molar-refractivity contribution in [3.05, 3.63) is 30.6 Å². The fourth-order valence-electron chi connectivity index (χ4n) is 1.88. The van der Waals surface area contributed by atoms with E-state index in [0.29, 0.717) is 23.6 Å². The highest BCUT2D eigenvalue weighted by Crippen LogP contribution is 2.36. The Morgan fingerprint density at radius 2 is 2.19 bits per heavy atom. The molecular weight excluding hydrogens is 467 g/mol. The van der Waals surface area contributed by atoms with Gasteiger partial charge in [0.05, 0.1) is 8.48 Å². The molecule has 0 spiro atoms. The number of benzene rings is 1.